The molecule has 4 heteroatoms. The van der Waals surface area contributed by atoms with Gasteiger partial charge in [0.1, 0.15) is 5.75 Å². The van der Waals surface area contributed by atoms with E-state index in [0.717, 1.165) is 19.3 Å². The molecule has 0 heterocycles. The standard InChI is InChI=1S/C39H60IO2P/c1-4-5-26-43(3,40,33-18-14-12-15-19-33)27-16-11-9-7-6-8-10-13-17-30-28-31-29-32(41)20-21-34(31)35-24-25-39(2)36(38(30)35)22-23-37(39)42/h12,14-15,18-21,29-30,35-38,41-42H,4-11,13,16-17,22-28H2,1-3H3/t30-,35-,36+,37+,38-,39+/m1/s1. The Kier molecular flexibility index (Phi) is 11.3. The van der Waals surface area contributed by atoms with Crippen molar-refractivity contribution in [1.82, 2.24) is 0 Å². The van der Waals surface area contributed by atoms with Crippen molar-refractivity contribution in [2.45, 2.75) is 129 Å². The summed E-state index contributed by atoms with van der Waals surface area (Å²) in [7, 11) is 0. The molecule has 0 spiro atoms. The molecule has 0 aromatic heterocycles. The fourth-order valence-electron chi connectivity index (χ4n) is 9.80. The van der Waals surface area contributed by atoms with Crippen LogP contribution in [-0.2, 0) is 6.42 Å². The number of hydrogen-bond donors (Lipinski definition) is 2. The average molecular weight is 719 g/mol. The molecule has 6 atom stereocenters. The molecule has 0 radical (unpaired) electrons. The fraction of sp³-hybridized carbons (Fsp3) is 0.692. The Morgan fingerprint density at radius 1 is 0.860 bits per heavy atom. The van der Waals surface area contributed by atoms with E-state index in [9.17, 15) is 10.2 Å². The van der Waals surface area contributed by atoms with Gasteiger partial charge in [-0.05, 0) is 66.2 Å². The molecular weight excluding hydrogens is 658 g/mol. The molecule has 5 rings (SSSR count). The zero-order valence-electron chi connectivity index (χ0n) is 27.5. The van der Waals surface area contributed by atoms with Gasteiger partial charge < -0.3 is 10.2 Å². The van der Waals surface area contributed by atoms with Crippen molar-refractivity contribution in [3.8, 4) is 5.75 Å². The summed E-state index contributed by atoms with van der Waals surface area (Å²) in [6.45, 7) is 7.36. The van der Waals surface area contributed by atoms with E-state index in [-0.39, 0.29) is 11.5 Å². The van der Waals surface area contributed by atoms with Gasteiger partial charge in [0.2, 0.25) is 0 Å². The molecule has 240 valence electrons. The zero-order chi connectivity index (χ0) is 30.5. The first-order valence-electron chi connectivity index (χ1n) is 17.9. The Morgan fingerprint density at radius 3 is 2.26 bits per heavy atom. The van der Waals surface area contributed by atoms with Crippen LogP contribution in [-0.4, -0.2) is 35.3 Å². The maximum absolute atomic E-state index is 10.9. The number of fused-ring (bicyclic) bond motifs is 5. The Hall–Kier alpha value is -0.640. The van der Waals surface area contributed by atoms with E-state index in [4.69, 9.17) is 0 Å². The summed E-state index contributed by atoms with van der Waals surface area (Å²) in [5.41, 5.74) is 3.03. The zero-order valence-corrected chi connectivity index (χ0v) is 30.5. The number of unbranched alkanes of at least 4 members (excludes halogenated alkanes) is 8. The van der Waals surface area contributed by atoms with Crippen LogP contribution in [0.1, 0.15) is 127 Å². The molecule has 0 saturated heterocycles. The molecule has 0 unspecified atom stereocenters. The molecule has 2 N–H and O–H groups in total. The second-order valence-electron chi connectivity index (χ2n) is 15.4. The van der Waals surface area contributed by atoms with Crippen LogP contribution < -0.4 is 5.30 Å². The van der Waals surface area contributed by atoms with Gasteiger partial charge in [-0.15, -0.1) is 0 Å². The van der Waals surface area contributed by atoms with E-state index in [2.05, 4.69) is 85.0 Å². The molecule has 2 fully saturated rings. The molecule has 43 heavy (non-hydrogen) atoms. The van der Waals surface area contributed by atoms with Gasteiger partial charge in [-0.3, -0.25) is 0 Å². The number of halogens is 1. The summed E-state index contributed by atoms with van der Waals surface area (Å²) in [6, 6.07) is 17.6. The van der Waals surface area contributed by atoms with E-state index in [1.165, 1.54) is 107 Å². The minimum absolute atomic E-state index is 0.113. The van der Waals surface area contributed by atoms with Crippen LogP contribution in [0.5, 0.6) is 5.75 Å². The predicted octanol–water partition coefficient (Wildman–Crippen LogP) is 11.0. The van der Waals surface area contributed by atoms with E-state index in [0.29, 0.717) is 29.4 Å². The molecule has 2 nitrogen and oxygen atoms in total. The molecule has 3 aliphatic rings. The first-order valence-corrected chi connectivity index (χ1v) is 23.8. The van der Waals surface area contributed by atoms with Crippen molar-refractivity contribution >= 4 is 31.6 Å². The van der Waals surface area contributed by atoms with Crippen LogP contribution in [0.3, 0.4) is 0 Å². The maximum atomic E-state index is 10.9. The summed E-state index contributed by atoms with van der Waals surface area (Å²) in [5, 5.41) is 22.8. The fourth-order valence-corrected chi connectivity index (χ4v) is 16.7. The van der Waals surface area contributed by atoms with Crippen LogP contribution >= 0.6 is 26.3 Å². The molecule has 0 aliphatic heterocycles. The van der Waals surface area contributed by atoms with Crippen LogP contribution in [0.15, 0.2) is 48.5 Å². The number of phenolic OH excluding ortho intramolecular Hbond substituents is 1. The normalized spacial score (nSPS) is 29.3. The van der Waals surface area contributed by atoms with Gasteiger partial charge in [0, 0.05) is 0 Å². The number of phenols is 1. The van der Waals surface area contributed by atoms with Gasteiger partial charge in [0.15, 0.2) is 0 Å². The third kappa shape index (κ3) is 7.51. The van der Waals surface area contributed by atoms with Gasteiger partial charge >= 0.3 is 177 Å². The topological polar surface area (TPSA) is 40.5 Å². The van der Waals surface area contributed by atoms with Crippen molar-refractivity contribution in [3.63, 3.8) is 0 Å². The second-order valence-corrected chi connectivity index (χ2v) is 29.0. The Labute approximate surface area is 276 Å². The predicted molar refractivity (Wildman–Crippen MR) is 197 cm³/mol. The van der Waals surface area contributed by atoms with Crippen LogP contribution in [0.2, 0.25) is 0 Å². The minimum atomic E-state index is -1.85. The van der Waals surface area contributed by atoms with Crippen molar-refractivity contribution in [2.24, 2.45) is 23.2 Å². The number of benzene rings is 2. The van der Waals surface area contributed by atoms with E-state index in [1.54, 1.807) is 5.30 Å². The second kappa shape index (κ2) is 14.4. The Bertz CT molecular complexity index is 1180. The average Bonchev–Trinajstić information content (AvgIpc) is 3.31. The van der Waals surface area contributed by atoms with Gasteiger partial charge in [0.05, 0.1) is 6.10 Å². The molecular formula is C39H60IO2P. The molecule has 2 aromatic carbocycles. The molecule has 3 aliphatic carbocycles. The Balaban J connectivity index is 1.06. The summed E-state index contributed by atoms with van der Waals surface area (Å²) in [4.78, 5) is 0. The molecule has 2 aromatic rings. The molecule has 0 bridgehead atoms. The van der Waals surface area contributed by atoms with Crippen LogP contribution in [0.25, 0.3) is 0 Å². The number of aromatic hydroxyl groups is 1. The number of rotatable bonds is 15. The van der Waals surface area contributed by atoms with Crippen molar-refractivity contribution < 1.29 is 10.2 Å². The van der Waals surface area contributed by atoms with Gasteiger partial charge in [0.25, 0.3) is 0 Å². The van der Waals surface area contributed by atoms with Crippen LogP contribution in [0.4, 0.5) is 0 Å². The van der Waals surface area contributed by atoms with Crippen molar-refractivity contribution in [1.29, 1.82) is 0 Å². The van der Waals surface area contributed by atoms with Gasteiger partial charge in [-0.2, -0.15) is 0 Å². The summed E-state index contributed by atoms with van der Waals surface area (Å²) < 4.78 is -1.85. The van der Waals surface area contributed by atoms with E-state index >= 15 is 0 Å². The third-order valence-electron chi connectivity index (χ3n) is 12.5. The number of aliphatic hydroxyl groups excluding tert-OH is 1. The quantitative estimate of drug-likeness (QED) is 0.109. The first-order chi connectivity index (χ1) is 20.6. The monoisotopic (exact) mass is 718 g/mol. The van der Waals surface area contributed by atoms with Crippen molar-refractivity contribution in [2.75, 3.05) is 19.0 Å². The summed E-state index contributed by atoms with van der Waals surface area (Å²) >= 11 is 2.93. The van der Waals surface area contributed by atoms with E-state index < -0.39 is 4.25 Å². The SMILES string of the molecule is CCCCP(C)(I)(CCCCCCCCCC[C@@H]1Cc2cc(O)ccc2[C@H]2CC[C@]3(C)[C@@H](O)CC[C@H]3[C@H]12)c1ccccc1. The van der Waals surface area contributed by atoms with E-state index in [1.807, 2.05) is 6.07 Å². The summed E-state index contributed by atoms with van der Waals surface area (Å²) in [5.74, 6) is 3.10. The Morgan fingerprint density at radius 2 is 1.53 bits per heavy atom. The molecule has 2 saturated carbocycles. The number of aliphatic hydroxyl groups is 1. The van der Waals surface area contributed by atoms with Gasteiger partial charge in [-0.1, -0.05) is 13.0 Å². The summed E-state index contributed by atoms with van der Waals surface area (Å²) in [6.07, 6.45) is 23.3. The third-order valence-corrected chi connectivity index (χ3v) is 21.7. The van der Waals surface area contributed by atoms with Crippen LogP contribution in [0, 0.1) is 23.2 Å². The van der Waals surface area contributed by atoms with Gasteiger partial charge in [-0.25, -0.2) is 0 Å². The molecule has 0 amide bonds. The number of hydrogen-bond acceptors (Lipinski definition) is 2. The van der Waals surface area contributed by atoms with Crippen molar-refractivity contribution in [3.05, 3.63) is 59.7 Å². The first kappa shape index (κ1) is 33.7.